The Kier molecular flexibility index (Phi) is 4.05. The van der Waals surface area contributed by atoms with Crippen LogP contribution in [0.5, 0.6) is 5.88 Å². The fraction of sp³-hybridized carbons (Fsp3) is 0.100. The highest BCUT2D eigenvalue weighted by molar-refractivity contribution is 5.57. The summed E-state index contributed by atoms with van der Waals surface area (Å²) in [6.07, 6.45) is 0. The maximum absolute atomic E-state index is 11.0. The Morgan fingerprint density at radius 3 is 2.50 bits per heavy atom. The number of nitriles is 1. The highest BCUT2D eigenvalue weighted by Crippen LogP contribution is 2.44. The van der Waals surface area contributed by atoms with E-state index < -0.39 is 10.8 Å². The first-order valence-electron chi connectivity index (χ1n) is 8.48. The molecule has 0 saturated carbocycles. The Bertz CT molecular complexity index is 1140. The van der Waals surface area contributed by atoms with E-state index in [1.165, 1.54) is 12.1 Å². The number of fused-ring (bicyclic) bond motifs is 1. The summed E-state index contributed by atoms with van der Waals surface area (Å²) in [5.74, 6) is -0.0917. The van der Waals surface area contributed by atoms with Crippen molar-refractivity contribution in [1.29, 1.82) is 5.26 Å². The number of nitrogens with two attached hydrogens (primary N) is 1. The lowest BCUT2D eigenvalue weighted by atomic mass is 9.84. The van der Waals surface area contributed by atoms with Crippen LogP contribution in [0, 0.1) is 28.4 Å². The maximum Gasteiger partial charge on any atom is 0.269 e. The maximum atomic E-state index is 11.0. The fourth-order valence-corrected chi connectivity index (χ4v) is 3.38. The van der Waals surface area contributed by atoms with Crippen LogP contribution >= 0.6 is 0 Å². The van der Waals surface area contributed by atoms with Gasteiger partial charge in [-0.2, -0.15) is 10.4 Å². The van der Waals surface area contributed by atoms with Crippen LogP contribution < -0.4 is 10.5 Å². The van der Waals surface area contributed by atoms with Gasteiger partial charge in [-0.25, -0.2) is 4.68 Å². The van der Waals surface area contributed by atoms with Crippen LogP contribution in [-0.4, -0.2) is 14.7 Å². The minimum atomic E-state index is -0.521. The van der Waals surface area contributed by atoms with Crippen molar-refractivity contribution >= 4 is 5.69 Å². The predicted molar refractivity (Wildman–Crippen MR) is 101 cm³/mol. The van der Waals surface area contributed by atoms with E-state index in [1.807, 2.05) is 37.3 Å². The van der Waals surface area contributed by atoms with Gasteiger partial charge >= 0.3 is 0 Å². The molecule has 0 radical (unpaired) electrons. The summed E-state index contributed by atoms with van der Waals surface area (Å²) in [4.78, 5) is 10.5. The van der Waals surface area contributed by atoms with Crippen LogP contribution in [0.4, 0.5) is 5.69 Å². The van der Waals surface area contributed by atoms with Crippen LogP contribution in [0.1, 0.15) is 22.7 Å². The first-order valence-corrected chi connectivity index (χ1v) is 8.48. The van der Waals surface area contributed by atoms with Gasteiger partial charge in [0, 0.05) is 12.1 Å². The van der Waals surface area contributed by atoms with Crippen LogP contribution in [0.15, 0.2) is 66.1 Å². The lowest BCUT2D eigenvalue weighted by molar-refractivity contribution is -0.384. The number of aryl methyl sites for hydroxylation is 1. The molecule has 0 bridgehead atoms. The molecule has 0 saturated heterocycles. The number of hydrogen-bond acceptors (Lipinski definition) is 6. The predicted octanol–water partition coefficient (Wildman–Crippen LogP) is 3.31. The van der Waals surface area contributed by atoms with E-state index in [1.54, 1.807) is 16.8 Å². The van der Waals surface area contributed by atoms with Gasteiger partial charge in [0.2, 0.25) is 11.8 Å². The van der Waals surface area contributed by atoms with E-state index >= 15 is 0 Å². The zero-order valence-electron chi connectivity index (χ0n) is 14.9. The molecule has 1 aliphatic rings. The second-order valence-corrected chi connectivity index (χ2v) is 6.33. The summed E-state index contributed by atoms with van der Waals surface area (Å²) < 4.78 is 7.43. The average molecular weight is 373 g/mol. The molecule has 138 valence electrons. The number of nitrogens with zero attached hydrogens (tertiary/aromatic N) is 4. The number of ether oxygens (including phenoxy) is 1. The number of rotatable bonds is 3. The van der Waals surface area contributed by atoms with Gasteiger partial charge in [-0.3, -0.25) is 10.1 Å². The number of para-hydroxylation sites is 1. The molecule has 2 heterocycles. The van der Waals surface area contributed by atoms with Gasteiger partial charge in [0.15, 0.2) is 0 Å². The molecule has 1 aromatic heterocycles. The molecule has 2 N–H and O–H groups in total. The Balaban J connectivity index is 1.91. The largest absolute Gasteiger partial charge is 0.422 e. The van der Waals surface area contributed by atoms with E-state index in [-0.39, 0.29) is 17.1 Å². The van der Waals surface area contributed by atoms with Crippen molar-refractivity contribution in [3.8, 4) is 17.6 Å². The monoisotopic (exact) mass is 373 g/mol. The van der Waals surface area contributed by atoms with E-state index in [0.29, 0.717) is 22.7 Å². The quantitative estimate of drug-likeness (QED) is 0.555. The third-order valence-corrected chi connectivity index (χ3v) is 4.67. The average Bonchev–Trinajstić information content (AvgIpc) is 3.03. The number of allylic oxidation sites excluding steroid dienone is 1. The molecule has 2 aromatic carbocycles. The molecule has 1 atom stereocenters. The Morgan fingerprint density at radius 2 is 1.89 bits per heavy atom. The number of benzene rings is 2. The smallest absolute Gasteiger partial charge is 0.269 e. The molecular formula is C20H15N5O3. The first-order chi connectivity index (χ1) is 13.5. The lowest BCUT2D eigenvalue weighted by Gasteiger charge is -2.24. The van der Waals surface area contributed by atoms with Crippen LogP contribution in [-0.2, 0) is 0 Å². The lowest BCUT2D eigenvalue weighted by Crippen LogP contribution is -2.22. The van der Waals surface area contributed by atoms with Crippen molar-refractivity contribution in [2.45, 2.75) is 12.8 Å². The van der Waals surface area contributed by atoms with Gasteiger partial charge in [0.25, 0.3) is 5.69 Å². The van der Waals surface area contributed by atoms with Crippen LogP contribution in [0.3, 0.4) is 0 Å². The first kappa shape index (κ1) is 17.3. The molecule has 8 nitrogen and oxygen atoms in total. The topological polar surface area (TPSA) is 120 Å². The molecule has 0 aliphatic carbocycles. The number of non-ortho nitro benzene ring substituents is 1. The van der Waals surface area contributed by atoms with Crippen molar-refractivity contribution < 1.29 is 9.66 Å². The van der Waals surface area contributed by atoms with Crippen molar-refractivity contribution in [2.24, 2.45) is 5.73 Å². The summed E-state index contributed by atoms with van der Waals surface area (Å²) in [5.41, 5.74) is 9.16. The van der Waals surface area contributed by atoms with Gasteiger partial charge in [-0.1, -0.05) is 30.3 Å². The van der Waals surface area contributed by atoms with Gasteiger partial charge in [-0.15, -0.1) is 0 Å². The van der Waals surface area contributed by atoms with Gasteiger partial charge in [0.05, 0.1) is 27.8 Å². The molecular weight excluding hydrogens is 358 g/mol. The summed E-state index contributed by atoms with van der Waals surface area (Å²) >= 11 is 0. The summed E-state index contributed by atoms with van der Waals surface area (Å²) in [7, 11) is 0. The van der Waals surface area contributed by atoms with Crippen LogP contribution in [0.2, 0.25) is 0 Å². The summed E-state index contributed by atoms with van der Waals surface area (Å²) in [6.45, 7) is 1.83. The van der Waals surface area contributed by atoms with Gasteiger partial charge < -0.3 is 10.5 Å². The number of aromatic nitrogens is 2. The van der Waals surface area contributed by atoms with Crippen LogP contribution in [0.25, 0.3) is 5.69 Å². The van der Waals surface area contributed by atoms with Crippen molar-refractivity contribution in [2.75, 3.05) is 0 Å². The SMILES string of the molecule is Cc1nn(-c2ccccc2)c2c1[C@@H](c1ccc([N+](=O)[O-])cc1)C(C#N)=C(N)O2. The minimum absolute atomic E-state index is 0.00423. The number of hydrogen-bond donors (Lipinski definition) is 1. The molecule has 8 heteroatoms. The van der Waals surface area contributed by atoms with Crippen molar-refractivity contribution in [3.63, 3.8) is 0 Å². The zero-order valence-corrected chi connectivity index (χ0v) is 14.9. The number of nitro benzene ring substituents is 1. The third kappa shape index (κ3) is 2.66. The zero-order chi connectivity index (χ0) is 19.8. The van der Waals surface area contributed by atoms with Crippen molar-refractivity contribution in [3.05, 3.63) is 93.0 Å². The Hall–Kier alpha value is -4.12. The Morgan fingerprint density at radius 1 is 1.21 bits per heavy atom. The molecule has 0 fully saturated rings. The van der Waals surface area contributed by atoms with E-state index in [9.17, 15) is 15.4 Å². The molecule has 0 amide bonds. The molecule has 3 aromatic rings. The highest BCUT2D eigenvalue weighted by Gasteiger charge is 2.36. The number of nitro groups is 1. The second kappa shape index (κ2) is 6.55. The molecule has 0 unspecified atom stereocenters. The van der Waals surface area contributed by atoms with E-state index in [2.05, 4.69) is 11.2 Å². The van der Waals surface area contributed by atoms with E-state index in [4.69, 9.17) is 10.5 Å². The molecule has 1 aliphatic heterocycles. The third-order valence-electron chi connectivity index (χ3n) is 4.67. The molecule has 4 rings (SSSR count). The molecule has 0 spiro atoms. The molecule has 28 heavy (non-hydrogen) atoms. The highest BCUT2D eigenvalue weighted by atomic mass is 16.6. The van der Waals surface area contributed by atoms with E-state index in [0.717, 1.165) is 5.69 Å². The van der Waals surface area contributed by atoms with Gasteiger partial charge in [-0.05, 0) is 24.6 Å². The second-order valence-electron chi connectivity index (χ2n) is 6.33. The summed E-state index contributed by atoms with van der Waals surface area (Å²) in [5, 5.41) is 25.2. The Labute approximate surface area is 160 Å². The van der Waals surface area contributed by atoms with Crippen molar-refractivity contribution in [1.82, 2.24) is 9.78 Å². The minimum Gasteiger partial charge on any atom is -0.422 e. The normalized spacial score (nSPS) is 15.5. The summed E-state index contributed by atoms with van der Waals surface area (Å²) in [6, 6.07) is 17.6. The van der Waals surface area contributed by atoms with Gasteiger partial charge in [0.1, 0.15) is 11.6 Å². The standard InChI is InChI=1S/C20H15N5O3/c1-12-17-18(13-7-9-15(10-8-13)25(26)27)16(11-21)19(22)28-20(17)24(23-12)14-5-3-2-4-6-14/h2-10,18H,22H2,1H3/t18-/m0/s1. The fourth-order valence-electron chi connectivity index (χ4n) is 3.38.